The van der Waals surface area contributed by atoms with Gasteiger partial charge < -0.3 is 10.5 Å². The van der Waals surface area contributed by atoms with Crippen LogP contribution in [0.3, 0.4) is 0 Å². The van der Waals surface area contributed by atoms with Gasteiger partial charge in [-0.15, -0.1) is 0 Å². The quantitative estimate of drug-likeness (QED) is 0.923. The summed E-state index contributed by atoms with van der Waals surface area (Å²) in [4.78, 5) is 13.6. The van der Waals surface area contributed by atoms with Crippen LogP contribution in [0, 0.1) is 5.92 Å². The SMILES string of the molecule is NC(=O)C1CCN(Cc2ccc(Oc3ccccc3)cc2)CC1. The molecule has 0 bridgehead atoms. The number of hydrogen-bond donors (Lipinski definition) is 1. The van der Waals surface area contributed by atoms with Crippen molar-refractivity contribution < 1.29 is 9.53 Å². The van der Waals surface area contributed by atoms with Crippen molar-refractivity contribution >= 4 is 5.91 Å². The molecule has 1 saturated heterocycles. The zero-order chi connectivity index (χ0) is 16.1. The molecule has 2 aromatic rings. The first-order valence-corrected chi connectivity index (χ1v) is 8.04. The van der Waals surface area contributed by atoms with Gasteiger partial charge in [-0.1, -0.05) is 30.3 Å². The van der Waals surface area contributed by atoms with Crippen molar-refractivity contribution in [3.63, 3.8) is 0 Å². The average molecular weight is 310 g/mol. The van der Waals surface area contributed by atoms with Gasteiger partial charge in [-0.2, -0.15) is 0 Å². The molecule has 4 heteroatoms. The number of piperidine rings is 1. The number of nitrogens with zero attached hydrogens (tertiary/aromatic N) is 1. The Labute approximate surface area is 136 Å². The van der Waals surface area contributed by atoms with Crippen LogP contribution in [0.2, 0.25) is 0 Å². The third-order valence-electron chi connectivity index (χ3n) is 4.30. The van der Waals surface area contributed by atoms with Gasteiger partial charge in [0.25, 0.3) is 0 Å². The topological polar surface area (TPSA) is 55.6 Å². The van der Waals surface area contributed by atoms with Crippen LogP contribution in [0.5, 0.6) is 11.5 Å². The molecule has 2 N–H and O–H groups in total. The fourth-order valence-corrected chi connectivity index (χ4v) is 2.92. The Kier molecular flexibility index (Phi) is 4.93. The van der Waals surface area contributed by atoms with Gasteiger partial charge in [-0.25, -0.2) is 0 Å². The molecule has 23 heavy (non-hydrogen) atoms. The predicted molar refractivity (Wildman–Crippen MR) is 90.2 cm³/mol. The molecule has 0 unspecified atom stereocenters. The molecule has 1 fully saturated rings. The van der Waals surface area contributed by atoms with Crippen LogP contribution in [0.1, 0.15) is 18.4 Å². The lowest BCUT2D eigenvalue weighted by molar-refractivity contribution is -0.123. The molecule has 1 aliphatic heterocycles. The molecule has 4 nitrogen and oxygen atoms in total. The molecule has 0 radical (unpaired) electrons. The Balaban J connectivity index is 1.53. The lowest BCUT2D eigenvalue weighted by Gasteiger charge is -2.30. The molecule has 0 aromatic heterocycles. The molecule has 0 atom stereocenters. The lowest BCUT2D eigenvalue weighted by atomic mass is 9.96. The Morgan fingerprint density at radius 3 is 2.22 bits per heavy atom. The van der Waals surface area contributed by atoms with E-state index in [1.54, 1.807) is 0 Å². The van der Waals surface area contributed by atoms with Gasteiger partial charge in [0.05, 0.1) is 0 Å². The molecular formula is C19H22N2O2. The van der Waals surface area contributed by atoms with Crippen molar-refractivity contribution in [1.82, 2.24) is 4.90 Å². The van der Waals surface area contributed by atoms with Crippen LogP contribution >= 0.6 is 0 Å². The number of ether oxygens (including phenoxy) is 1. The first-order valence-electron chi connectivity index (χ1n) is 8.04. The number of carbonyl (C=O) groups is 1. The van der Waals surface area contributed by atoms with Crippen LogP contribution < -0.4 is 10.5 Å². The van der Waals surface area contributed by atoms with Gasteiger partial charge in [0.1, 0.15) is 11.5 Å². The fraction of sp³-hybridized carbons (Fsp3) is 0.316. The summed E-state index contributed by atoms with van der Waals surface area (Å²) in [5.41, 5.74) is 6.63. The third kappa shape index (κ3) is 4.33. The van der Waals surface area contributed by atoms with Crippen molar-refractivity contribution in [3.8, 4) is 11.5 Å². The minimum absolute atomic E-state index is 0.0490. The fourth-order valence-electron chi connectivity index (χ4n) is 2.92. The summed E-state index contributed by atoms with van der Waals surface area (Å²) in [5, 5.41) is 0. The average Bonchev–Trinajstić information content (AvgIpc) is 2.58. The molecular weight excluding hydrogens is 288 g/mol. The summed E-state index contributed by atoms with van der Waals surface area (Å²) in [6.45, 7) is 2.75. The molecule has 0 saturated carbocycles. The van der Waals surface area contributed by atoms with Gasteiger partial charge in [0, 0.05) is 12.5 Å². The number of carbonyl (C=O) groups excluding carboxylic acids is 1. The first-order chi connectivity index (χ1) is 11.2. The highest BCUT2D eigenvalue weighted by molar-refractivity contribution is 5.76. The van der Waals surface area contributed by atoms with Crippen molar-refractivity contribution in [2.45, 2.75) is 19.4 Å². The molecule has 120 valence electrons. The molecule has 1 amide bonds. The van der Waals surface area contributed by atoms with Crippen LogP contribution in [-0.2, 0) is 11.3 Å². The van der Waals surface area contributed by atoms with Gasteiger partial charge in [0.15, 0.2) is 0 Å². The summed E-state index contributed by atoms with van der Waals surface area (Å²) in [7, 11) is 0. The number of nitrogens with two attached hydrogens (primary N) is 1. The zero-order valence-electron chi connectivity index (χ0n) is 13.2. The maximum atomic E-state index is 11.2. The zero-order valence-corrected chi connectivity index (χ0v) is 13.2. The smallest absolute Gasteiger partial charge is 0.220 e. The van der Waals surface area contributed by atoms with E-state index >= 15 is 0 Å². The standard InChI is InChI=1S/C19H22N2O2/c20-19(22)16-10-12-21(13-11-16)14-15-6-8-18(9-7-15)23-17-4-2-1-3-5-17/h1-9,16H,10-14H2,(H2,20,22). The molecule has 1 heterocycles. The van der Waals surface area contributed by atoms with Crippen LogP contribution in [0.25, 0.3) is 0 Å². The van der Waals surface area contributed by atoms with Crippen molar-refractivity contribution in [3.05, 3.63) is 60.2 Å². The Morgan fingerprint density at radius 2 is 1.61 bits per heavy atom. The number of primary amides is 1. The van der Waals surface area contributed by atoms with Crippen molar-refractivity contribution in [1.29, 1.82) is 0 Å². The van der Waals surface area contributed by atoms with Crippen molar-refractivity contribution in [2.24, 2.45) is 11.7 Å². The van der Waals surface area contributed by atoms with Gasteiger partial charge in [0.2, 0.25) is 5.91 Å². The Hall–Kier alpha value is -2.33. The minimum Gasteiger partial charge on any atom is -0.457 e. The normalized spacial score (nSPS) is 16.2. The van der Waals surface area contributed by atoms with Gasteiger partial charge in [-0.3, -0.25) is 9.69 Å². The van der Waals surface area contributed by atoms with E-state index in [1.165, 1.54) is 5.56 Å². The maximum Gasteiger partial charge on any atom is 0.220 e. The van der Waals surface area contributed by atoms with E-state index in [1.807, 2.05) is 42.5 Å². The summed E-state index contributed by atoms with van der Waals surface area (Å²) in [5.74, 6) is 1.57. The summed E-state index contributed by atoms with van der Waals surface area (Å²) in [6, 6.07) is 18.0. The van der Waals surface area contributed by atoms with E-state index in [2.05, 4.69) is 17.0 Å². The van der Waals surface area contributed by atoms with E-state index < -0.39 is 0 Å². The van der Waals surface area contributed by atoms with Crippen molar-refractivity contribution in [2.75, 3.05) is 13.1 Å². The lowest BCUT2D eigenvalue weighted by Crippen LogP contribution is -2.38. The molecule has 0 aliphatic carbocycles. The molecule has 3 rings (SSSR count). The minimum atomic E-state index is -0.160. The van der Waals surface area contributed by atoms with E-state index in [9.17, 15) is 4.79 Å². The second kappa shape index (κ2) is 7.29. The number of amides is 1. The Bertz CT molecular complexity index is 632. The largest absolute Gasteiger partial charge is 0.457 e. The third-order valence-corrected chi connectivity index (χ3v) is 4.30. The predicted octanol–water partition coefficient (Wildman–Crippen LogP) is 3.18. The van der Waals surface area contributed by atoms with E-state index in [0.29, 0.717) is 0 Å². The highest BCUT2D eigenvalue weighted by atomic mass is 16.5. The number of benzene rings is 2. The highest BCUT2D eigenvalue weighted by Crippen LogP contribution is 2.23. The van der Waals surface area contributed by atoms with E-state index in [4.69, 9.17) is 10.5 Å². The van der Waals surface area contributed by atoms with Crippen LogP contribution in [-0.4, -0.2) is 23.9 Å². The number of likely N-dealkylation sites (tertiary alicyclic amines) is 1. The summed E-state index contributed by atoms with van der Waals surface area (Å²) < 4.78 is 5.80. The number of para-hydroxylation sites is 1. The van der Waals surface area contributed by atoms with E-state index in [0.717, 1.165) is 44.0 Å². The molecule has 0 spiro atoms. The molecule has 1 aliphatic rings. The van der Waals surface area contributed by atoms with Crippen LogP contribution in [0.15, 0.2) is 54.6 Å². The summed E-state index contributed by atoms with van der Waals surface area (Å²) in [6.07, 6.45) is 1.73. The summed E-state index contributed by atoms with van der Waals surface area (Å²) >= 11 is 0. The van der Waals surface area contributed by atoms with Crippen LogP contribution in [0.4, 0.5) is 0 Å². The van der Waals surface area contributed by atoms with E-state index in [-0.39, 0.29) is 11.8 Å². The first kappa shape index (κ1) is 15.6. The molecule has 2 aromatic carbocycles. The Morgan fingerprint density at radius 1 is 1.00 bits per heavy atom. The maximum absolute atomic E-state index is 11.2. The second-order valence-corrected chi connectivity index (χ2v) is 6.01. The van der Waals surface area contributed by atoms with Gasteiger partial charge >= 0.3 is 0 Å². The second-order valence-electron chi connectivity index (χ2n) is 6.01. The number of rotatable bonds is 5. The highest BCUT2D eigenvalue weighted by Gasteiger charge is 2.22. The van der Waals surface area contributed by atoms with Gasteiger partial charge in [-0.05, 0) is 55.8 Å². The number of hydrogen-bond acceptors (Lipinski definition) is 3. The monoisotopic (exact) mass is 310 g/mol.